The third-order valence-corrected chi connectivity index (χ3v) is 5.85. The molecule has 1 N–H and O–H groups in total. The van der Waals surface area contributed by atoms with Gasteiger partial charge < -0.3 is 5.32 Å². The van der Waals surface area contributed by atoms with E-state index in [9.17, 15) is 0 Å². The maximum absolute atomic E-state index is 3.84. The Morgan fingerprint density at radius 1 is 1.21 bits per heavy atom. The molecule has 1 aliphatic heterocycles. The summed E-state index contributed by atoms with van der Waals surface area (Å²) in [5.41, 5.74) is 0.610. The molecule has 1 saturated heterocycles. The summed E-state index contributed by atoms with van der Waals surface area (Å²) in [7, 11) is 0. The molecule has 2 nitrogen and oxygen atoms in total. The van der Waals surface area contributed by atoms with Crippen molar-refractivity contribution in [1.82, 2.24) is 10.2 Å². The maximum atomic E-state index is 3.84. The van der Waals surface area contributed by atoms with Crippen LogP contribution in [-0.4, -0.2) is 36.6 Å². The second-order valence-corrected chi connectivity index (χ2v) is 8.11. The van der Waals surface area contributed by atoms with Crippen LogP contribution in [0.4, 0.5) is 0 Å². The summed E-state index contributed by atoms with van der Waals surface area (Å²) in [4.78, 5) is 2.86. The molecule has 0 radical (unpaired) electrons. The van der Waals surface area contributed by atoms with Gasteiger partial charge in [-0.1, -0.05) is 33.6 Å². The summed E-state index contributed by atoms with van der Waals surface area (Å²) in [5, 5.41) is 3.84. The number of piperazine rings is 1. The van der Waals surface area contributed by atoms with Gasteiger partial charge in [-0.05, 0) is 42.9 Å². The van der Waals surface area contributed by atoms with Crippen molar-refractivity contribution in [3.63, 3.8) is 0 Å². The van der Waals surface area contributed by atoms with Gasteiger partial charge in [0, 0.05) is 31.7 Å². The number of nitrogens with one attached hydrogen (secondary N) is 1. The summed E-state index contributed by atoms with van der Waals surface area (Å²) in [6.45, 7) is 11.2. The molecule has 0 spiro atoms. The lowest BCUT2D eigenvalue weighted by Crippen LogP contribution is -2.60. The largest absolute Gasteiger partial charge is 0.311 e. The molecule has 0 amide bonds. The van der Waals surface area contributed by atoms with Crippen LogP contribution in [0.5, 0.6) is 0 Å². The lowest BCUT2D eigenvalue weighted by molar-refractivity contribution is 0.0524. The van der Waals surface area contributed by atoms with Crippen LogP contribution >= 0.6 is 0 Å². The standard InChI is InChI=1S/C17H32N2/c1-13(2)16-10-18-15(14-6-7-14)11-19(16)12-17(3)8-4-5-9-17/h13-16,18H,4-12H2,1-3H3. The zero-order valence-electron chi connectivity index (χ0n) is 13.1. The minimum atomic E-state index is 0.610. The average Bonchev–Trinajstić information content (AvgIpc) is 3.12. The molecule has 0 bridgehead atoms. The van der Waals surface area contributed by atoms with Gasteiger partial charge in [-0.2, -0.15) is 0 Å². The zero-order chi connectivity index (χ0) is 13.5. The van der Waals surface area contributed by atoms with Gasteiger partial charge in [-0.3, -0.25) is 4.90 Å². The zero-order valence-corrected chi connectivity index (χ0v) is 13.1. The van der Waals surface area contributed by atoms with Crippen LogP contribution in [0.15, 0.2) is 0 Å². The third-order valence-electron chi connectivity index (χ3n) is 5.85. The number of nitrogens with zero attached hydrogens (tertiary/aromatic N) is 1. The fourth-order valence-corrected chi connectivity index (χ4v) is 4.38. The molecule has 110 valence electrons. The average molecular weight is 264 g/mol. The van der Waals surface area contributed by atoms with Gasteiger partial charge >= 0.3 is 0 Å². The van der Waals surface area contributed by atoms with Crippen molar-refractivity contribution in [2.24, 2.45) is 17.3 Å². The van der Waals surface area contributed by atoms with Gasteiger partial charge in [0.2, 0.25) is 0 Å². The Bertz CT molecular complexity index is 302. The van der Waals surface area contributed by atoms with E-state index in [1.807, 2.05) is 0 Å². The Hall–Kier alpha value is -0.0800. The molecule has 2 aliphatic carbocycles. The number of rotatable bonds is 4. The van der Waals surface area contributed by atoms with Crippen molar-refractivity contribution >= 4 is 0 Å². The van der Waals surface area contributed by atoms with Crippen molar-refractivity contribution in [2.45, 2.75) is 71.4 Å². The van der Waals surface area contributed by atoms with E-state index in [4.69, 9.17) is 0 Å². The quantitative estimate of drug-likeness (QED) is 0.838. The first kappa shape index (κ1) is 13.9. The molecule has 0 aromatic carbocycles. The smallest absolute Gasteiger partial charge is 0.0244 e. The first-order valence-corrected chi connectivity index (χ1v) is 8.55. The van der Waals surface area contributed by atoms with Crippen LogP contribution in [-0.2, 0) is 0 Å². The van der Waals surface area contributed by atoms with E-state index in [-0.39, 0.29) is 0 Å². The molecule has 3 aliphatic rings. The maximum Gasteiger partial charge on any atom is 0.0244 e. The lowest BCUT2D eigenvalue weighted by atomic mass is 9.86. The highest BCUT2D eigenvalue weighted by Gasteiger charge is 2.40. The Labute approximate surface area is 119 Å². The SMILES string of the molecule is CC(C)C1CNC(C2CC2)CN1CC1(C)CCCC1. The van der Waals surface area contributed by atoms with E-state index < -0.39 is 0 Å². The summed E-state index contributed by atoms with van der Waals surface area (Å²) in [6, 6.07) is 1.55. The topological polar surface area (TPSA) is 15.3 Å². The molecular weight excluding hydrogens is 232 g/mol. The molecule has 2 unspecified atom stereocenters. The molecule has 2 saturated carbocycles. The lowest BCUT2D eigenvalue weighted by Gasteiger charge is -2.46. The van der Waals surface area contributed by atoms with Crippen molar-refractivity contribution in [3.05, 3.63) is 0 Å². The molecule has 0 aromatic heterocycles. The van der Waals surface area contributed by atoms with Crippen LogP contribution in [0.25, 0.3) is 0 Å². The molecule has 0 aromatic rings. The summed E-state index contributed by atoms with van der Waals surface area (Å²) < 4.78 is 0. The van der Waals surface area contributed by atoms with Crippen LogP contribution in [0.3, 0.4) is 0 Å². The van der Waals surface area contributed by atoms with Crippen molar-refractivity contribution < 1.29 is 0 Å². The van der Waals surface area contributed by atoms with E-state index in [2.05, 4.69) is 31.0 Å². The molecule has 2 heteroatoms. The highest BCUT2D eigenvalue weighted by Crippen LogP contribution is 2.40. The van der Waals surface area contributed by atoms with Crippen molar-refractivity contribution in [1.29, 1.82) is 0 Å². The van der Waals surface area contributed by atoms with Gasteiger partial charge in [-0.25, -0.2) is 0 Å². The van der Waals surface area contributed by atoms with E-state index in [0.717, 1.165) is 23.9 Å². The van der Waals surface area contributed by atoms with Gasteiger partial charge in [0.1, 0.15) is 0 Å². The summed E-state index contributed by atoms with van der Waals surface area (Å²) >= 11 is 0. The predicted octanol–water partition coefficient (Wildman–Crippen LogP) is 3.28. The number of hydrogen-bond acceptors (Lipinski definition) is 2. The second kappa shape index (κ2) is 5.37. The van der Waals surface area contributed by atoms with Gasteiger partial charge in [-0.15, -0.1) is 0 Å². The molecule has 2 atom stereocenters. The third kappa shape index (κ3) is 3.16. The Kier molecular flexibility index (Phi) is 3.92. The molecule has 19 heavy (non-hydrogen) atoms. The summed E-state index contributed by atoms with van der Waals surface area (Å²) in [6.07, 6.45) is 8.76. The van der Waals surface area contributed by atoms with E-state index in [0.29, 0.717) is 5.41 Å². The monoisotopic (exact) mass is 264 g/mol. The molecule has 3 fully saturated rings. The number of hydrogen-bond donors (Lipinski definition) is 1. The van der Waals surface area contributed by atoms with Crippen LogP contribution in [0.1, 0.15) is 59.3 Å². The van der Waals surface area contributed by atoms with E-state index in [1.54, 1.807) is 0 Å². The highest BCUT2D eigenvalue weighted by atomic mass is 15.2. The second-order valence-electron chi connectivity index (χ2n) is 8.11. The minimum absolute atomic E-state index is 0.610. The van der Waals surface area contributed by atoms with Crippen LogP contribution < -0.4 is 5.32 Å². The molecular formula is C17H32N2. The Morgan fingerprint density at radius 2 is 1.89 bits per heavy atom. The minimum Gasteiger partial charge on any atom is -0.311 e. The Balaban J connectivity index is 1.65. The van der Waals surface area contributed by atoms with Gasteiger partial charge in [0.25, 0.3) is 0 Å². The summed E-state index contributed by atoms with van der Waals surface area (Å²) in [5.74, 6) is 1.77. The van der Waals surface area contributed by atoms with Crippen LogP contribution in [0.2, 0.25) is 0 Å². The molecule has 1 heterocycles. The highest BCUT2D eigenvalue weighted by molar-refractivity contribution is 4.97. The van der Waals surface area contributed by atoms with Gasteiger partial charge in [0.15, 0.2) is 0 Å². The normalized spacial score (nSPS) is 36.0. The fourth-order valence-electron chi connectivity index (χ4n) is 4.38. The van der Waals surface area contributed by atoms with Crippen molar-refractivity contribution in [3.8, 4) is 0 Å². The first-order valence-electron chi connectivity index (χ1n) is 8.55. The Morgan fingerprint density at radius 3 is 2.47 bits per heavy atom. The van der Waals surface area contributed by atoms with Gasteiger partial charge in [0.05, 0.1) is 0 Å². The first-order chi connectivity index (χ1) is 9.07. The van der Waals surface area contributed by atoms with Crippen LogP contribution in [0, 0.1) is 17.3 Å². The van der Waals surface area contributed by atoms with E-state index >= 15 is 0 Å². The fraction of sp³-hybridized carbons (Fsp3) is 1.00. The predicted molar refractivity (Wildman–Crippen MR) is 81.3 cm³/mol. The molecule has 3 rings (SSSR count). The van der Waals surface area contributed by atoms with E-state index in [1.165, 1.54) is 58.2 Å². The van der Waals surface area contributed by atoms with Crippen molar-refractivity contribution in [2.75, 3.05) is 19.6 Å².